The summed E-state index contributed by atoms with van der Waals surface area (Å²) in [5, 5.41) is 32.3. The molecule has 3 rings (SSSR count). The number of nitrogens with one attached hydrogen (secondary N) is 2. The molecule has 0 aliphatic heterocycles. The van der Waals surface area contributed by atoms with Gasteiger partial charge in [0.1, 0.15) is 12.6 Å². The van der Waals surface area contributed by atoms with Crippen molar-refractivity contribution in [3.63, 3.8) is 0 Å². The third-order valence-corrected chi connectivity index (χ3v) is 5.78. The number of alkyl carbamates (subject to hydrolysis) is 1. The van der Waals surface area contributed by atoms with Gasteiger partial charge in [0.05, 0.1) is 12.2 Å². The van der Waals surface area contributed by atoms with E-state index in [4.69, 9.17) is 10.00 Å². The Morgan fingerprint density at radius 1 is 1.06 bits per heavy atom. The smallest absolute Gasteiger partial charge is 0.407 e. The van der Waals surface area contributed by atoms with Gasteiger partial charge in [0.25, 0.3) is 0 Å². The van der Waals surface area contributed by atoms with Crippen molar-refractivity contribution in [3.8, 4) is 17.2 Å². The van der Waals surface area contributed by atoms with Crippen molar-refractivity contribution in [3.05, 3.63) is 59.7 Å². The second kappa shape index (κ2) is 11.3. The van der Waals surface area contributed by atoms with Gasteiger partial charge in [-0.2, -0.15) is 5.26 Å². The average molecular weight is 466 g/mol. The van der Waals surface area contributed by atoms with Gasteiger partial charge >= 0.3 is 12.1 Å². The molecule has 1 aliphatic carbocycles. The maximum atomic E-state index is 12.6. The van der Waals surface area contributed by atoms with Crippen LogP contribution in [0.2, 0.25) is 0 Å². The van der Waals surface area contributed by atoms with Crippen molar-refractivity contribution in [2.45, 2.75) is 50.3 Å². The second-order valence-corrected chi connectivity index (χ2v) is 8.14. The fraction of sp³-hybridized carbons (Fsp3) is 0.360. The van der Waals surface area contributed by atoms with Gasteiger partial charge in [-0.15, -0.1) is 0 Å². The minimum Gasteiger partial charge on any atom is -0.480 e. The van der Waals surface area contributed by atoms with Crippen LogP contribution in [0.15, 0.2) is 48.5 Å². The van der Waals surface area contributed by atoms with Crippen LogP contribution in [0, 0.1) is 11.3 Å². The number of benzene rings is 2. The molecule has 0 bridgehead atoms. The number of aliphatic carboxylic acids is 1. The van der Waals surface area contributed by atoms with E-state index in [0.29, 0.717) is 6.42 Å². The number of rotatable bonds is 10. The molecule has 9 heteroatoms. The Bertz CT molecular complexity index is 1050. The summed E-state index contributed by atoms with van der Waals surface area (Å²) in [4.78, 5) is 36.5. The summed E-state index contributed by atoms with van der Waals surface area (Å²) < 4.78 is 5.47. The molecule has 0 saturated heterocycles. The fourth-order valence-corrected chi connectivity index (χ4v) is 4.08. The number of carboxylic acids is 1. The number of nitrogens with zero attached hydrogens (tertiary/aromatic N) is 1. The lowest BCUT2D eigenvalue weighted by Gasteiger charge is -2.23. The molecule has 4 N–H and O–H groups in total. The van der Waals surface area contributed by atoms with Gasteiger partial charge in [-0.3, -0.25) is 4.79 Å². The van der Waals surface area contributed by atoms with Crippen LogP contribution in [0.3, 0.4) is 0 Å². The number of carbonyl (C=O) groups is 3. The Labute approximate surface area is 197 Å². The molecule has 178 valence electrons. The highest BCUT2D eigenvalue weighted by molar-refractivity contribution is 5.89. The van der Waals surface area contributed by atoms with E-state index in [-0.39, 0.29) is 25.4 Å². The number of amides is 2. The number of hydrogen-bond donors (Lipinski definition) is 4. The first kappa shape index (κ1) is 24.7. The Kier molecular flexibility index (Phi) is 8.22. The minimum absolute atomic E-state index is 0.0534. The van der Waals surface area contributed by atoms with Crippen molar-refractivity contribution in [1.82, 2.24) is 10.6 Å². The van der Waals surface area contributed by atoms with Crippen LogP contribution >= 0.6 is 0 Å². The van der Waals surface area contributed by atoms with Gasteiger partial charge in [-0.05, 0) is 42.0 Å². The Balaban J connectivity index is 1.67. The van der Waals surface area contributed by atoms with Gasteiger partial charge in [0.15, 0.2) is 6.04 Å². The molecule has 0 radical (unpaired) electrons. The van der Waals surface area contributed by atoms with Crippen molar-refractivity contribution in [1.29, 1.82) is 5.26 Å². The molecule has 1 aliphatic rings. The number of aliphatic hydroxyl groups is 1. The standard InChI is InChI=1S/C25H27N3O6/c1-15(29)22(24(31)32)28-23(30)21(12-6-7-13-26)27-25(33)34-14-20-18-10-4-2-8-16(18)17-9-3-5-11-19(17)20/h2-5,8-11,15,20-22,29H,6-7,12,14H2,1H3,(H,27,33)(H,28,30)(H,31,32). The van der Waals surface area contributed by atoms with Crippen LogP contribution in [0.25, 0.3) is 11.1 Å². The van der Waals surface area contributed by atoms with Gasteiger partial charge < -0.3 is 25.6 Å². The molecule has 9 nitrogen and oxygen atoms in total. The van der Waals surface area contributed by atoms with Crippen LogP contribution in [0.1, 0.15) is 43.2 Å². The van der Waals surface area contributed by atoms with Gasteiger partial charge in [-0.1, -0.05) is 48.5 Å². The number of carbonyl (C=O) groups excluding carboxylic acids is 2. The molecule has 2 aromatic carbocycles. The van der Waals surface area contributed by atoms with E-state index >= 15 is 0 Å². The van der Waals surface area contributed by atoms with E-state index in [1.54, 1.807) is 0 Å². The zero-order valence-corrected chi connectivity index (χ0v) is 18.7. The van der Waals surface area contributed by atoms with E-state index in [0.717, 1.165) is 22.3 Å². The molecule has 0 heterocycles. The van der Waals surface area contributed by atoms with Crippen LogP contribution in [-0.4, -0.2) is 53.0 Å². The predicted molar refractivity (Wildman–Crippen MR) is 123 cm³/mol. The lowest BCUT2D eigenvalue weighted by molar-refractivity contribution is -0.145. The summed E-state index contributed by atoms with van der Waals surface area (Å²) in [7, 11) is 0. The SMILES string of the molecule is CC(O)C(NC(=O)C(CCCC#N)NC(=O)OCC1c2ccccc2-c2ccccc21)C(=O)O. The van der Waals surface area contributed by atoms with Gasteiger partial charge in [-0.25, -0.2) is 9.59 Å². The first-order valence-corrected chi connectivity index (χ1v) is 11.0. The third kappa shape index (κ3) is 5.71. The Morgan fingerprint density at radius 3 is 2.18 bits per heavy atom. The Morgan fingerprint density at radius 2 is 1.65 bits per heavy atom. The van der Waals surface area contributed by atoms with E-state index in [1.165, 1.54) is 6.92 Å². The highest BCUT2D eigenvalue weighted by Crippen LogP contribution is 2.44. The highest BCUT2D eigenvalue weighted by Gasteiger charge is 2.31. The topological polar surface area (TPSA) is 149 Å². The largest absolute Gasteiger partial charge is 0.480 e. The first-order valence-electron chi connectivity index (χ1n) is 11.0. The maximum absolute atomic E-state index is 12.6. The van der Waals surface area contributed by atoms with E-state index < -0.39 is 36.2 Å². The molecule has 0 spiro atoms. The number of hydrogen-bond acceptors (Lipinski definition) is 6. The lowest BCUT2D eigenvalue weighted by Crippen LogP contribution is -2.54. The van der Waals surface area contributed by atoms with Crippen LogP contribution < -0.4 is 10.6 Å². The van der Waals surface area contributed by atoms with Crippen LogP contribution in [0.5, 0.6) is 0 Å². The summed E-state index contributed by atoms with van der Waals surface area (Å²) in [5.41, 5.74) is 4.25. The first-order chi connectivity index (χ1) is 16.3. The van der Waals surface area contributed by atoms with Crippen molar-refractivity contribution < 1.29 is 29.3 Å². The highest BCUT2D eigenvalue weighted by atomic mass is 16.5. The third-order valence-electron chi connectivity index (χ3n) is 5.78. The molecule has 2 aromatic rings. The molecular formula is C25H27N3O6. The molecule has 0 fully saturated rings. The Hall–Kier alpha value is -3.90. The normalized spacial score (nSPS) is 14.6. The summed E-state index contributed by atoms with van der Waals surface area (Å²) in [6, 6.07) is 15.1. The van der Waals surface area contributed by atoms with Crippen molar-refractivity contribution >= 4 is 18.0 Å². The number of aliphatic hydroxyl groups excluding tert-OH is 1. The lowest BCUT2D eigenvalue weighted by atomic mass is 9.98. The number of fused-ring (bicyclic) bond motifs is 3. The average Bonchev–Trinajstić information content (AvgIpc) is 3.14. The summed E-state index contributed by atoms with van der Waals surface area (Å²) in [5.74, 6) is -2.34. The minimum atomic E-state index is -1.53. The molecule has 0 aromatic heterocycles. The number of nitriles is 1. The van der Waals surface area contributed by atoms with Gasteiger partial charge in [0, 0.05) is 12.3 Å². The zero-order valence-electron chi connectivity index (χ0n) is 18.7. The molecular weight excluding hydrogens is 438 g/mol. The fourth-order valence-electron chi connectivity index (χ4n) is 4.08. The van der Waals surface area contributed by atoms with Gasteiger partial charge in [0.2, 0.25) is 5.91 Å². The zero-order chi connectivity index (χ0) is 24.7. The number of unbranched alkanes of at least 4 members (excludes halogenated alkanes) is 1. The summed E-state index contributed by atoms with van der Waals surface area (Å²) in [6.45, 7) is 1.29. The van der Waals surface area contributed by atoms with E-state index in [2.05, 4.69) is 10.6 Å². The van der Waals surface area contributed by atoms with Crippen LogP contribution in [-0.2, 0) is 14.3 Å². The van der Waals surface area contributed by atoms with Crippen LogP contribution in [0.4, 0.5) is 4.79 Å². The molecule has 3 atom stereocenters. The van der Waals surface area contributed by atoms with Crippen molar-refractivity contribution in [2.24, 2.45) is 0 Å². The van der Waals surface area contributed by atoms with E-state index in [9.17, 15) is 24.6 Å². The quantitative estimate of drug-likeness (QED) is 0.394. The van der Waals surface area contributed by atoms with E-state index in [1.807, 2.05) is 54.6 Å². The summed E-state index contributed by atoms with van der Waals surface area (Å²) in [6.07, 6.45) is -1.59. The maximum Gasteiger partial charge on any atom is 0.407 e. The molecule has 0 saturated carbocycles. The van der Waals surface area contributed by atoms with Crippen molar-refractivity contribution in [2.75, 3.05) is 6.61 Å². The molecule has 2 amide bonds. The number of carboxylic acid groups (broad SMARTS) is 1. The molecule has 3 unspecified atom stereocenters. The molecule has 34 heavy (non-hydrogen) atoms. The summed E-state index contributed by atoms with van der Waals surface area (Å²) >= 11 is 0. The predicted octanol–water partition coefficient (Wildman–Crippen LogP) is 2.54. The monoisotopic (exact) mass is 465 g/mol. The number of ether oxygens (including phenoxy) is 1. The second-order valence-electron chi connectivity index (χ2n) is 8.14.